The van der Waals surface area contributed by atoms with Crippen molar-refractivity contribution in [2.24, 2.45) is 0 Å². The highest BCUT2D eigenvalue weighted by atomic mass is 32.2. The topological polar surface area (TPSA) is 95.6 Å². The minimum atomic E-state index is -3.90. The van der Waals surface area contributed by atoms with Crippen LogP contribution in [0.25, 0.3) is 0 Å². The van der Waals surface area contributed by atoms with Gasteiger partial charge in [-0.25, -0.2) is 9.52 Å². The van der Waals surface area contributed by atoms with Crippen LogP contribution in [0.1, 0.15) is 64.2 Å². The Labute approximate surface area is 152 Å². The summed E-state index contributed by atoms with van der Waals surface area (Å²) in [6.07, 6.45) is 9.83. The molecule has 25 heavy (non-hydrogen) atoms. The SMILES string of the molecule is O=C(NC1CCCCC1)NS(=O)(=O)N1CCS(=O)C2(CCCCC2)C1. The molecule has 2 saturated carbocycles. The molecule has 9 heteroatoms. The highest BCUT2D eigenvalue weighted by Crippen LogP contribution is 2.37. The lowest BCUT2D eigenvalue weighted by Gasteiger charge is -2.43. The van der Waals surface area contributed by atoms with Gasteiger partial charge in [0.2, 0.25) is 0 Å². The van der Waals surface area contributed by atoms with Gasteiger partial charge in [0.15, 0.2) is 0 Å². The van der Waals surface area contributed by atoms with Crippen molar-refractivity contribution in [2.45, 2.75) is 75.0 Å². The summed E-state index contributed by atoms with van der Waals surface area (Å²) in [6, 6.07) is -0.584. The quantitative estimate of drug-likeness (QED) is 0.764. The van der Waals surface area contributed by atoms with Gasteiger partial charge in [-0.15, -0.1) is 0 Å². The number of rotatable bonds is 3. The molecule has 0 bridgehead atoms. The molecule has 3 fully saturated rings. The van der Waals surface area contributed by atoms with Crippen molar-refractivity contribution in [3.05, 3.63) is 0 Å². The van der Waals surface area contributed by atoms with Gasteiger partial charge in [0.1, 0.15) is 0 Å². The molecule has 2 amide bonds. The largest absolute Gasteiger partial charge is 0.335 e. The summed E-state index contributed by atoms with van der Waals surface area (Å²) in [7, 11) is -4.89. The maximum Gasteiger partial charge on any atom is 0.329 e. The van der Waals surface area contributed by atoms with Crippen LogP contribution < -0.4 is 10.0 Å². The third-order valence-electron chi connectivity index (χ3n) is 5.74. The van der Waals surface area contributed by atoms with Gasteiger partial charge in [0.05, 0.1) is 4.75 Å². The fraction of sp³-hybridized carbons (Fsp3) is 0.938. The van der Waals surface area contributed by atoms with E-state index in [-0.39, 0.29) is 19.1 Å². The Kier molecular flexibility index (Phi) is 6.05. The van der Waals surface area contributed by atoms with E-state index < -0.39 is 31.8 Å². The molecule has 2 N–H and O–H groups in total. The smallest absolute Gasteiger partial charge is 0.329 e. The van der Waals surface area contributed by atoms with Crippen LogP contribution in [0.4, 0.5) is 4.79 Å². The summed E-state index contributed by atoms with van der Waals surface area (Å²) in [5.74, 6) is 0.352. The molecule has 1 atom stereocenters. The second kappa shape index (κ2) is 7.92. The van der Waals surface area contributed by atoms with E-state index >= 15 is 0 Å². The van der Waals surface area contributed by atoms with E-state index in [1.807, 2.05) is 0 Å². The van der Waals surface area contributed by atoms with Gasteiger partial charge >= 0.3 is 16.2 Å². The first-order valence-corrected chi connectivity index (χ1v) is 12.1. The molecular formula is C16H29N3O4S2. The molecule has 0 aromatic heterocycles. The van der Waals surface area contributed by atoms with Gasteiger partial charge in [-0.1, -0.05) is 38.5 Å². The molecule has 1 unspecified atom stereocenters. The second-order valence-corrected chi connectivity index (χ2v) is 11.2. The van der Waals surface area contributed by atoms with E-state index in [2.05, 4.69) is 10.0 Å². The Morgan fingerprint density at radius 1 is 1.04 bits per heavy atom. The molecule has 7 nitrogen and oxygen atoms in total. The molecule has 144 valence electrons. The molecule has 1 aliphatic heterocycles. The van der Waals surface area contributed by atoms with Gasteiger partial charge in [-0.05, 0) is 25.7 Å². The van der Waals surface area contributed by atoms with Crippen molar-refractivity contribution in [3.8, 4) is 0 Å². The summed E-state index contributed by atoms with van der Waals surface area (Å²) in [5.41, 5.74) is 0. The normalized spacial score (nSPS) is 28.6. The Morgan fingerprint density at radius 3 is 2.36 bits per heavy atom. The zero-order chi connectivity index (χ0) is 17.9. The maximum atomic E-state index is 12.6. The fourth-order valence-electron chi connectivity index (χ4n) is 4.30. The van der Waals surface area contributed by atoms with Crippen LogP contribution in [0.2, 0.25) is 0 Å². The van der Waals surface area contributed by atoms with E-state index in [4.69, 9.17) is 0 Å². The Balaban J connectivity index is 1.61. The predicted molar refractivity (Wildman–Crippen MR) is 97.9 cm³/mol. The van der Waals surface area contributed by atoms with Gasteiger partial charge in [0.25, 0.3) is 0 Å². The molecule has 1 saturated heterocycles. The molecule has 2 aliphatic carbocycles. The van der Waals surface area contributed by atoms with Crippen molar-refractivity contribution < 1.29 is 17.4 Å². The number of carbonyl (C=O) groups excluding carboxylic acids is 1. The molecule has 0 aromatic carbocycles. The molecule has 3 rings (SSSR count). The standard InChI is InChI=1S/C16H29N3O4S2/c20-15(17-14-7-3-1-4-8-14)18-25(22,23)19-11-12-24(21)16(13-19)9-5-2-6-10-16/h14H,1-13H2,(H2,17,18,20). The van der Waals surface area contributed by atoms with Crippen molar-refractivity contribution >= 4 is 27.0 Å². The van der Waals surface area contributed by atoms with Gasteiger partial charge in [-0.2, -0.15) is 12.7 Å². The van der Waals surface area contributed by atoms with Crippen LogP contribution in [0.15, 0.2) is 0 Å². The van der Waals surface area contributed by atoms with Gasteiger partial charge in [0, 0.05) is 35.7 Å². The van der Waals surface area contributed by atoms with Crippen LogP contribution in [-0.2, 0) is 21.0 Å². The third kappa shape index (κ3) is 4.54. The van der Waals surface area contributed by atoms with E-state index in [0.717, 1.165) is 57.8 Å². The Bertz CT molecular complexity index is 611. The predicted octanol–water partition coefficient (Wildman–Crippen LogP) is 1.63. The number of amides is 2. The Morgan fingerprint density at radius 2 is 1.68 bits per heavy atom. The summed E-state index contributed by atoms with van der Waals surface area (Å²) in [6.45, 7) is 0.464. The number of urea groups is 1. The monoisotopic (exact) mass is 391 g/mol. The molecule has 1 spiro atoms. The highest BCUT2D eigenvalue weighted by Gasteiger charge is 2.45. The summed E-state index contributed by atoms with van der Waals surface area (Å²) in [5, 5.41) is 2.78. The van der Waals surface area contributed by atoms with Crippen LogP contribution in [0.5, 0.6) is 0 Å². The van der Waals surface area contributed by atoms with Gasteiger partial charge in [-0.3, -0.25) is 4.21 Å². The summed E-state index contributed by atoms with van der Waals surface area (Å²) < 4.78 is 40.8. The van der Waals surface area contributed by atoms with E-state index in [1.165, 1.54) is 10.7 Å². The molecule has 1 heterocycles. The number of nitrogens with one attached hydrogen (secondary N) is 2. The van der Waals surface area contributed by atoms with Crippen molar-refractivity contribution in [3.63, 3.8) is 0 Å². The molecule has 3 aliphatic rings. The summed E-state index contributed by atoms with van der Waals surface area (Å²) in [4.78, 5) is 12.1. The number of hydrogen-bond donors (Lipinski definition) is 2. The lowest BCUT2D eigenvalue weighted by Crippen LogP contribution is -2.59. The van der Waals surface area contributed by atoms with E-state index in [0.29, 0.717) is 5.75 Å². The molecule has 0 radical (unpaired) electrons. The first-order valence-electron chi connectivity index (χ1n) is 9.38. The van der Waals surface area contributed by atoms with Crippen LogP contribution in [-0.4, -0.2) is 52.6 Å². The lowest BCUT2D eigenvalue weighted by atomic mass is 9.88. The molecule has 0 aromatic rings. The lowest BCUT2D eigenvalue weighted by molar-refractivity contribution is 0.236. The maximum absolute atomic E-state index is 12.6. The Hall–Kier alpha value is -0.670. The van der Waals surface area contributed by atoms with Crippen molar-refractivity contribution in [2.75, 3.05) is 18.8 Å². The highest BCUT2D eigenvalue weighted by molar-refractivity contribution is 7.88. The summed E-state index contributed by atoms with van der Waals surface area (Å²) >= 11 is 0. The van der Waals surface area contributed by atoms with Crippen LogP contribution >= 0.6 is 0 Å². The average Bonchev–Trinajstić information content (AvgIpc) is 2.58. The second-order valence-electron chi connectivity index (χ2n) is 7.54. The van der Waals surface area contributed by atoms with Gasteiger partial charge < -0.3 is 5.32 Å². The number of nitrogens with zero attached hydrogens (tertiary/aromatic N) is 1. The molecular weight excluding hydrogens is 362 g/mol. The number of carbonyl (C=O) groups is 1. The first kappa shape index (κ1) is 19.1. The average molecular weight is 392 g/mol. The minimum Gasteiger partial charge on any atom is -0.335 e. The van der Waals surface area contributed by atoms with E-state index in [1.54, 1.807) is 0 Å². The third-order valence-corrected chi connectivity index (χ3v) is 9.23. The van der Waals surface area contributed by atoms with Crippen LogP contribution in [0, 0.1) is 0 Å². The fourth-order valence-corrected chi connectivity index (χ4v) is 7.54. The zero-order valence-corrected chi connectivity index (χ0v) is 16.3. The number of hydrogen-bond acceptors (Lipinski definition) is 4. The van der Waals surface area contributed by atoms with Crippen molar-refractivity contribution in [1.82, 2.24) is 14.3 Å². The first-order chi connectivity index (χ1) is 11.9. The van der Waals surface area contributed by atoms with E-state index in [9.17, 15) is 17.4 Å². The van der Waals surface area contributed by atoms with Crippen molar-refractivity contribution in [1.29, 1.82) is 0 Å². The minimum absolute atomic E-state index is 0.0579. The van der Waals surface area contributed by atoms with Crippen LogP contribution in [0.3, 0.4) is 0 Å². The zero-order valence-electron chi connectivity index (χ0n) is 14.7.